The number of aryl methyl sites for hydroxylation is 1. The largest absolute Gasteiger partial charge is 0.478 e. The smallest absolute Gasteiger partial charge is 0.335 e. The van der Waals surface area contributed by atoms with Crippen LogP contribution in [0.15, 0.2) is 60.9 Å². The highest BCUT2D eigenvalue weighted by Gasteiger charge is 2.19. The Balaban J connectivity index is 1.42. The topological polar surface area (TPSA) is 61.6 Å². The number of carboxylic acids is 1. The summed E-state index contributed by atoms with van der Waals surface area (Å²) in [6, 6.07) is 15.6. The van der Waals surface area contributed by atoms with E-state index in [0.717, 1.165) is 44.1 Å². The molecule has 0 atom stereocenters. The van der Waals surface area contributed by atoms with Crippen LogP contribution in [0.4, 0.5) is 5.69 Å². The average Bonchev–Trinajstić information content (AvgIpc) is 3.23. The van der Waals surface area contributed by atoms with Gasteiger partial charge in [0.25, 0.3) is 0 Å². The third kappa shape index (κ3) is 3.92. The lowest BCUT2D eigenvalue weighted by Gasteiger charge is -2.36. The molecule has 1 fully saturated rings. The Morgan fingerprint density at radius 1 is 1.07 bits per heavy atom. The summed E-state index contributed by atoms with van der Waals surface area (Å²) < 4.78 is 1.93. The molecule has 0 bridgehead atoms. The van der Waals surface area contributed by atoms with E-state index in [1.807, 2.05) is 29.1 Å². The average molecular weight is 376 g/mol. The van der Waals surface area contributed by atoms with Crippen LogP contribution in [0.3, 0.4) is 0 Å². The molecule has 6 nitrogen and oxygen atoms in total. The van der Waals surface area contributed by atoms with Gasteiger partial charge in [-0.15, -0.1) is 0 Å². The van der Waals surface area contributed by atoms with Gasteiger partial charge < -0.3 is 10.0 Å². The van der Waals surface area contributed by atoms with Crippen LogP contribution in [-0.4, -0.2) is 51.9 Å². The summed E-state index contributed by atoms with van der Waals surface area (Å²) in [7, 11) is 0. The van der Waals surface area contributed by atoms with E-state index in [-0.39, 0.29) is 0 Å². The van der Waals surface area contributed by atoms with Crippen molar-refractivity contribution in [3.8, 4) is 5.69 Å². The number of anilines is 1. The Hall–Kier alpha value is -3.12. The van der Waals surface area contributed by atoms with Gasteiger partial charge in [0.1, 0.15) is 0 Å². The van der Waals surface area contributed by atoms with Gasteiger partial charge in [-0.3, -0.25) is 4.90 Å². The quantitative estimate of drug-likeness (QED) is 0.741. The fraction of sp³-hybridized carbons (Fsp3) is 0.273. The second kappa shape index (κ2) is 7.86. The number of aromatic carboxylic acids is 1. The van der Waals surface area contributed by atoms with Crippen LogP contribution >= 0.6 is 0 Å². The number of rotatable bonds is 5. The van der Waals surface area contributed by atoms with E-state index in [9.17, 15) is 4.79 Å². The molecular formula is C22H24N4O2. The van der Waals surface area contributed by atoms with Crippen LogP contribution in [0.2, 0.25) is 0 Å². The zero-order valence-electron chi connectivity index (χ0n) is 16.0. The van der Waals surface area contributed by atoms with Crippen molar-refractivity contribution in [2.24, 2.45) is 0 Å². The summed E-state index contributed by atoms with van der Waals surface area (Å²) in [6.45, 7) is 6.79. The first-order chi connectivity index (χ1) is 13.6. The molecule has 2 aromatic carbocycles. The third-order valence-corrected chi connectivity index (χ3v) is 5.23. The Morgan fingerprint density at radius 3 is 2.46 bits per heavy atom. The maximum atomic E-state index is 11.0. The summed E-state index contributed by atoms with van der Waals surface area (Å²) in [5, 5.41) is 13.4. The van der Waals surface area contributed by atoms with Crippen molar-refractivity contribution in [2.75, 3.05) is 31.1 Å². The first kappa shape index (κ1) is 18.3. The number of hydrogen-bond acceptors (Lipinski definition) is 4. The zero-order chi connectivity index (χ0) is 19.5. The highest BCUT2D eigenvalue weighted by molar-refractivity contribution is 5.88. The first-order valence-corrected chi connectivity index (χ1v) is 9.50. The van der Waals surface area contributed by atoms with Crippen molar-refractivity contribution in [1.82, 2.24) is 14.7 Å². The van der Waals surface area contributed by atoms with Crippen LogP contribution < -0.4 is 4.90 Å². The van der Waals surface area contributed by atoms with Gasteiger partial charge in [-0.25, -0.2) is 9.48 Å². The van der Waals surface area contributed by atoms with Gasteiger partial charge in [0.2, 0.25) is 0 Å². The molecule has 144 valence electrons. The Bertz CT molecular complexity index is 943. The van der Waals surface area contributed by atoms with E-state index >= 15 is 0 Å². The van der Waals surface area contributed by atoms with Gasteiger partial charge in [-0.2, -0.15) is 5.10 Å². The predicted octanol–water partition coefficient (Wildman–Crippen LogP) is 3.20. The lowest BCUT2D eigenvalue weighted by Crippen LogP contribution is -2.46. The molecule has 0 spiro atoms. The molecule has 6 heteroatoms. The molecule has 1 saturated heterocycles. The van der Waals surface area contributed by atoms with Crippen molar-refractivity contribution >= 4 is 11.7 Å². The standard InChI is InChI=1S/C22H24N4O2/c1-17-3-8-21(26-10-2-9-23-26)19(15-17)16-24-11-13-25(14-12-24)20-6-4-18(5-7-20)22(27)28/h2-10,15H,11-14,16H2,1H3,(H,27,28). The van der Waals surface area contributed by atoms with E-state index in [0.29, 0.717) is 5.56 Å². The summed E-state index contributed by atoms with van der Waals surface area (Å²) in [5.74, 6) is -0.887. The van der Waals surface area contributed by atoms with Gasteiger partial charge in [-0.05, 0) is 48.9 Å². The number of aromatic nitrogens is 2. The van der Waals surface area contributed by atoms with Crippen molar-refractivity contribution in [2.45, 2.75) is 13.5 Å². The molecule has 2 heterocycles. The number of carbonyl (C=O) groups is 1. The van der Waals surface area contributed by atoms with Gasteiger partial charge in [0.15, 0.2) is 0 Å². The minimum absolute atomic E-state index is 0.327. The third-order valence-electron chi connectivity index (χ3n) is 5.23. The van der Waals surface area contributed by atoms with Crippen molar-refractivity contribution in [1.29, 1.82) is 0 Å². The molecule has 0 unspecified atom stereocenters. The maximum Gasteiger partial charge on any atom is 0.335 e. The Labute approximate surface area is 164 Å². The highest BCUT2D eigenvalue weighted by atomic mass is 16.4. The van der Waals surface area contributed by atoms with Gasteiger partial charge >= 0.3 is 5.97 Å². The predicted molar refractivity (Wildman–Crippen MR) is 109 cm³/mol. The lowest BCUT2D eigenvalue weighted by atomic mass is 10.1. The monoisotopic (exact) mass is 376 g/mol. The van der Waals surface area contributed by atoms with Gasteiger partial charge in [-0.1, -0.05) is 17.7 Å². The summed E-state index contributed by atoms with van der Waals surface area (Å²) in [5.41, 5.74) is 5.07. The molecule has 1 N–H and O–H groups in total. The molecule has 0 saturated carbocycles. The summed E-state index contributed by atoms with van der Waals surface area (Å²) in [4.78, 5) is 15.8. The minimum atomic E-state index is -0.887. The fourth-order valence-electron chi connectivity index (χ4n) is 3.70. The number of nitrogens with zero attached hydrogens (tertiary/aromatic N) is 4. The number of benzene rings is 2. The molecule has 4 rings (SSSR count). The van der Waals surface area contributed by atoms with Crippen LogP contribution in [0.25, 0.3) is 5.69 Å². The Kier molecular flexibility index (Phi) is 5.12. The minimum Gasteiger partial charge on any atom is -0.478 e. The van der Waals surface area contributed by atoms with Gasteiger partial charge in [0, 0.05) is 50.8 Å². The SMILES string of the molecule is Cc1ccc(-n2cccn2)c(CN2CCN(c3ccc(C(=O)O)cc3)CC2)c1. The normalized spacial score (nSPS) is 15.0. The van der Waals surface area contributed by atoms with Crippen LogP contribution in [0.1, 0.15) is 21.5 Å². The number of hydrogen-bond donors (Lipinski definition) is 1. The number of piperazine rings is 1. The van der Waals surface area contributed by atoms with E-state index in [2.05, 4.69) is 40.0 Å². The van der Waals surface area contributed by atoms with Crippen LogP contribution in [-0.2, 0) is 6.54 Å². The molecule has 0 radical (unpaired) electrons. The number of carboxylic acid groups (broad SMARTS) is 1. The fourth-order valence-corrected chi connectivity index (χ4v) is 3.70. The lowest BCUT2D eigenvalue weighted by molar-refractivity contribution is 0.0697. The second-order valence-electron chi connectivity index (χ2n) is 7.20. The zero-order valence-corrected chi connectivity index (χ0v) is 16.0. The van der Waals surface area contributed by atoms with E-state index in [1.165, 1.54) is 11.1 Å². The van der Waals surface area contributed by atoms with Crippen LogP contribution in [0.5, 0.6) is 0 Å². The Morgan fingerprint density at radius 2 is 1.82 bits per heavy atom. The maximum absolute atomic E-state index is 11.0. The molecule has 3 aromatic rings. The van der Waals surface area contributed by atoms with Crippen molar-refractivity contribution in [3.63, 3.8) is 0 Å². The molecule has 1 aliphatic heterocycles. The van der Waals surface area contributed by atoms with Crippen molar-refractivity contribution < 1.29 is 9.90 Å². The van der Waals surface area contributed by atoms with Gasteiger partial charge in [0.05, 0.1) is 11.3 Å². The molecule has 0 aliphatic carbocycles. The molecule has 1 aromatic heterocycles. The van der Waals surface area contributed by atoms with E-state index < -0.39 is 5.97 Å². The molecule has 0 amide bonds. The van der Waals surface area contributed by atoms with E-state index in [1.54, 1.807) is 18.3 Å². The molecule has 1 aliphatic rings. The highest BCUT2D eigenvalue weighted by Crippen LogP contribution is 2.21. The van der Waals surface area contributed by atoms with Crippen LogP contribution in [0, 0.1) is 6.92 Å². The first-order valence-electron chi connectivity index (χ1n) is 9.50. The molecule has 28 heavy (non-hydrogen) atoms. The molecular weight excluding hydrogens is 352 g/mol. The second-order valence-corrected chi connectivity index (χ2v) is 7.20. The summed E-state index contributed by atoms with van der Waals surface area (Å²) >= 11 is 0. The van der Waals surface area contributed by atoms with Crippen molar-refractivity contribution in [3.05, 3.63) is 77.6 Å². The van der Waals surface area contributed by atoms with E-state index in [4.69, 9.17) is 5.11 Å². The summed E-state index contributed by atoms with van der Waals surface area (Å²) in [6.07, 6.45) is 3.78.